The third kappa shape index (κ3) is 2.33. The van der Waals surface area contributed by atoms with E-state index in [9.17, 15) is 5.11 Å². The zero-order valence-corrected chi connectivity index (χ0v) is 11.6. The van der Waals surface area contributed by atoms with E-state index in [4.69, 9.17) is 0 Å². The van der Waals surface area contributed by atoms with Crippen molar-refractivity contribution in [1.82, 2.24) is 0 Å². The van der Waals surface area contributed by atoms with Crippen molar-refractivity contribution in [1.29, 1.82) is 0 Å². The lowest BCUT2D eigenvalue weighted by molar-refractivity contribution is 0.174. The predicted octanol–water partition coefficient (Wildman–Crippen LogP) is 4.95. The Labute approximate surface area is 119 Å². The summed E-state index contributed by atoms with van der Waals surface area (Å²) in [5.74, 6) is 0. The van der Waals surface area contributed by atoms with Crippen LogP contribution < -0.4 is 0 Å². The molecule has 1 nitrogen and oxygen atoms in total. The average molecular weight is 262 g/mol. The fourth-order valence-electron chi connectivity index (χ4n) is 2.63. The minimum Gasteiger partial charge on any atom is -0.388 e. The van der Waals surface area contributed by atoms with E-state index in [2.05, 4.69) is 54.6 Å². The van der Waals surface area contributed by atoms with Crippen LogP contribution in [-0.4, -0.2) is 5.11 Å². The molecule has 0 bridgehead atoms. The molecule has 3 rings (SSSR count). The van der Waals surface area contributed by atoms with Crippen molar-refractivity contribution in [3.05, 3.63) is 72.3 Å². The lowest BCUT2D eigenvalue weighted by atomic mass is 9.95. The van der Waals surface area contributed by atoms with Gasteiger partial charge >= 0.3 is 0 Å². The van der Waals surface area contributed by atoms with Gasteiger partial charge in [-0.15, -0.1) is 0 Å². The third-order valence-electron chi connectivity index (χ3n) is 3.76. The predicted molar refractivity (Wildman–Crippen MR) is 84.6 cm³/mol. The van der Waals surface area contributed by atoms with Gasteiger partial charge in [0.05, 0.1) is 6.10 Å². The second-order valence-corrected chi connectivity index (χ2v) is 5.08. The van der Waals surface area contributed by atoms with Crippen LogP contribution >= 0.6 is 0 Å². The van der Waals surface area contributed by atoms with Crippen LogP contribution in [0.15, 0.2) is 66.7 Å². The molecule has 0 heterocycles. The number of rotatable bonds is 3. The lowest BCUT2D eigenvalue weighted by Crippen LogP contribution is -1.95. The minimum atomic E-state index is -0.384. The second-order valence-electron chi connectivity index (χ2n) is 5.08. The lowest BCUT2D eigenvalue weighted by Gasteiger charge is -2.11. The van der Waals surface area contributed by atoms with E-state index in [0.29, 0.717) is 0 Å². The number of hydrogen-bond donors (Lipinski definition) is 1. The normalized spacial score (nSPS) is 12.5. The first kappa shape index (κ1) is 12.9. The first-order valence-electron chi connectivity index (χ1n) is 7.05. The monoisotopic (exact) mass is 262 g/mol. The first-order chi connectivity index (χ1) is 9.79. The summed E-state index contributed by atoms with van der Waals surface area (Å²) in [6.07, 6.45) is 0.351. The molecule has 3 aromatic rings. The van der Waals surface area contributed by atoms with E-state index < -0.39 is 0 Å². The Bertz CT molecular complexity index is 725. The van der Waals surface area contributed by atoms with Crippen LogP contribution in [0.2, 0.25) is 0 Å². The summed E-state index contributed by atoms with van der Waals surface area (Å²) in [5, 5.41) is 12.5. The molecule has 1 atom stereocenters. The second kappa shape index (κ2) is 5.48. The summed E-state index contributed by atoms with van der Waals surface area (Å²) in [6.45, 7) is 2.00. The fourth-order valence-corrected chi connectivity index (χ4v) is 2.63. The molecule has 0 aliphatic rings. The van der Waals surface area contributed by atoms with Crippen LogP contribution in [0.1, 0.15) is 25.0 Å². The Kier molecular flexibility index (Phi) is 3.53. The van der Waals surface area contributed by atoms with Crippen LogP contribution in [-0.2, 0) is 0 Å². The zero-order valence-electron chi connectivity index (χ0n) is 11.6. The molecule has 0 aromatic heterocycles. The molecule has 1 heteroatoms. The smallest absolute Gasteiger partial charge is 0.0787 e. The van der Waals surface area contributed by atoms with Crippen molar-refractivity contribution in [2.24, 2.45) is 0 Å². The number of aliphatic hydroxyl groups excluding tert-OH is 1. The van der Waals surface area contributed by atoms with E-state index in [1.54, 1.807) is 0 Å². The largest absolute Gasteiger partial charge is 0.388 e. The molecule has 0 radical (unpaired) electrons. The summed E-state index contributed by atoms with van der Waals surface area (Å²) >= 11 is 0. The number of hydrogen-bond acceptors (Lipinski definition) is 1. The molecule has 0 aliphatic heterocycles. The summed E-state index contributed by atoms with van der Waals surface area (Å²) in [7, 11) is 0. The number of fused-ring (bicyclic) bond motifs is 1. The van der Waals surface area contributed by atoms with Crippen molar-refractivity contribution < 1.29 is 5.11 Å². The van der Waals surface area contributed by atoms with Gasteiger partial charge in [-0.1, -0.05) is 67.6 Å². The molecule has 100 valence electrons. The van der Waals surface area contributed by atoms with Gasteiger partial charge in [-0.3, -0.25) is 0 Å². The number of benzene rings is 3. The van der Waals surface area contributed by atoms with Gasteiger partial charge in [0, 0.05) is 0 Å². The van der Waals surface area contributed by atoms with Crippen LogP contribution in [0.5, 0.6) is 0 Å². The molecular weight excluding hydrogens is 244 g/mol. The summed E-state index contributed by atoms with van der Waals surface area (Å²) in [6, 6.07) is 23.0. The van der Waals surface area contributed by atoms with Gasteiger partial charge in [0.25, 0.3) is 0 Å². The maximum Gasteiger partial charge on any atom is 0.0787 e. The molecule has 0 amide bonds. The molecule has 0 fully saturated rings. The van der Waals surface area contributed by atoms with Crippen molar-refractivity contribution >= 4 is 10.8 Å². The minimum absolute atomic E-state index is 0.384. The number of aliphatic hydroxyl groups is 1. The summed E-state index contributed by atoms with van der Waals surface area (Å²) in [4.78, 5) is 0. The van der Waals surface area contributed by atoms with Gasteiger partial charge in [-0.25, -0.2) is 0 Å². The zero-order chi connectivity index (χ0) is 13.9. The van der Waals surface area contributed by atoms with Gasteiger partial charge in [0.1, 0.15) is 0 Å². The summed E-state index contributed by atoms with van der Waals surface area (Å²) < 4.78 is 0. The maximum absolute atomic E-state index is 10.0. The van der Waals surface area contributed by atoms with E-state index in [-0.39, 0.29) is 6.10 Å². The highest BCUT2D eigenvalue weighted by atomic mass is 16.3. The molecule has 0 saturated carbocycles. The highest BCUT2D eigenvalue weighted by molar-refractivity contribution is 5.96. The standard InChI is InChI=1S/C19H18O/c1-2-19(20)16-10-5-9-15(13-16)18-12-6-8-14-7-3-4-11-17(14)18/h3-13,19-20H,2H2,1H3/t19-/m0/s1. The average Bonchev–Trinajstić information content (AvgIpc) is 2.53. The van der Waals surface area contributed by atoms with Crippen molar-refractivity contribution in [2.75, 3.05) is 0 Å². The van der Waals surface area contributed by atoms with Gasteiger partial charge < -0.3 is 5.11 Å². The van der Waals surface area contributed by atoms with E-state index in [1.165, 1.54) is 16.3 Å². The molecule has 3 aromatic carbocycles. The molecule has 1 N–H and O–H groups in total. The molecule has 0 unspecified atom stereocenters. The SMILES string of the molecule is CC[C@H](O)c1cccc(-c2cccc3ccccc23)c1. The Hall–Kier alpha value is -2.12. The van der Waals surface area contributed by atoms with E-state index in [0.717, 1.165) is 17.5 Å². The molecular formula is C19H18O. The van der Waals surface area contributed by atoms with Crippen molar-refractivity contribution in [3.8, 4) is 11.1 Å². The van der Waals surface area contributed by atoms with Gasteiger partial charge in [-0.05, 0) is 39.9 Å². The maximum atomic E-state index is 10.0. The molecule has 0 saturated heterocycles. The van der Waals surface area contributed by atoms with Gasteiger partial charge in [0.2, 0.25) is 0 Å². The van der Waals surface area contributed by atoms with Gasteiger partial charge in [0.15, 0.2) is 0 Å². The van der Waals surface area contributed by atoms with Gasteiger partial charge in [-0.2, -0.15) is 0 Å². The topological polar surface area (TPSA) is 20.2 Å². The fraction of sp³-hybridized carbons (Fsp3) is 0.158. The Morgan fingerprint density at radius 2 is 1.65 bits per heavy atom. The summed E-state index contributed by atoms with van der Waals surface area (Å²) in [5.41, 5.74) is 3.36. The van der Waals surface area contributed by atoms with Crippen LogP contribution in [0.25, 0.3) is 21.9 Å². The van der Waals surface area contributed by atoms with Crippen LogP contribution in [0.4, 0.5) is 0 Å². The quantitative estimate of drug-likeness (QED) is 0.708. The Morgan fingerprint density at radius 3 is 2.50 bits per heavy atom. The molecule has 20 heavy (non-hydrogen) atoms. The highest BCUT2D eigenvalue weighted by Gasteiger charge is 2.08. The van der Waals surface area contributed by atoms with Crippen molar-refractivity contribution in [2.45, 2.75) is 19.4 Å². The Balaban J connectivity index is 2.16. The highest BCUT2D eigenvalue weighted by Crippen LogP contribution is 2.30. The first-order valence-corrected chi connectivity index (χ1v) is 7.05. The van der Waals surface area contributed by atoms with E-state index >= 15 is 0 Å². The van der Waals surface area contributed by atoms with Crippen molar-refractivity contribution in [3.63, 3.8) is 0 Å². The van der Waals surface area contributed by atoms with Crippen LogP contribution in [0.3, 0.4) is 0 Å². The molecule has 0 aliphatic carbocycles. The molecule has 0 spiro atoms. The van der Waals surface area contributed by atoms with E-state index in [1.807, 2.05) is 19.1 Å². The third-order valence-corrected chi connectivity index (χ3v) is 3.76. The van der Waals surface area contributed by atoms with Crippen LogP contribution in [0, 0.1) is 0 Å². The Morgan fingerprint density at radius 1 is 0.900 bits per heavy atom.